The monoisotopic (exact) mass is 388 g/mol. The van der Waals surface area contributed by atoms with Crippen molar-refractivity contribution < 1.29 is 9.36 Å². The molecule has 5 heteroatoms. The summed E-state index contributed by atoms with van der Waals surface area (Å²) >= 11 is 1.69. The van der Waals surface area contributed by atoms with Crippen molar-refractivity contribution in [3.63, 3.8) is 0 Å². The first kappa shape index (κ1) is 18.3. The fourth-order valence-electron chi connectivity index (χ4n) is 3.05. The minimum absolute atomic E-state index is 0.0440. The van der Waals surface area contributed by atoms with Gasteiger partial charge in [0.1, 0.15) is 5.01 Å². The lowest BCUT2D eigenvalue weighted by Crippen LogP contribution is -2.39. The molecular weight excluding hydrogens is 366 g/mol. The molecule has 28 heavy (non-hydrogen) atoms. The van der Waals surface area contributed by atoms with Crippen LogP contribution in [0.15, 0.2) is 67.0 Å². The number of rotatable bonds is 5. The summed E-state index contributed by atoms with van der Waals surface area (Å²) in [4.78, 5) is 17.0. The molecule has 4 aromatic rings. The summed E-state index contributed by atoms with van der Waals surface area (Å²) in [6.07, 6.45) is 4.88. The number of thiazole rings is 1. The molecule has 4 nitrogen and oxygen atoms in total. The predicted octanol–water partition coefficient (Wildman–Crippen LogP) is 4.76. The summed E-state index contributed by atoms with van der Waals surface area (Å²) < 4.78 is 3.07. The van der Waals surface area contributed by atoms with Crippen LogP contribution < -0.4 is 9.88 Å². The molecule has 0 radical (unpaired) electrons. The molecule has 0 saturated heterocycles. The van der Waals surface area contributed by atoms with E-state index in [-0.39, 0.29) is 5.91 Å². The Morgan fingerprint density at radius 3 is 2.54 bits per heavy atom. The van der Waals surface area contributed by atoms with Crippen LogP contribution in [0.5, 0.6) is 0 Å². The average molecular weight is 389 g/mol. The number of fused-ring (bicyclic) bond motifs is 1. The second-order valence-corrected chi connectivity index (χ2v) is 7.88. The summed E-state index contributed by atoms with van der Waals surface area (Å²) in [5.41, 5.74) is 5.37. The molecule has 4 rings (SSSR count). The van der Waals surface area contributed by atoms with Crippen LogP contribution in [0.25, 0.3) is 20.8 Å². The van der Waals surface area contributed by atoms with Gasteiger partial charge in [-0.25, -0.2) is 4.98 Å². The van der Waals surface area contributed by atoms with Crippen LogP contribution >= 0.6 is 11.3 Å². The lowest BCUT2D eigenvalue weighted by molar-refractivity contribution is -0.684. The number of carbonyl (C=O) groups is 1. The molecule has 0 fully saturated rings. The topological polar surface area (TPSA) is 45.9 Å². The van der Waals surface area contributed by atoms with Crippen molar-refractivity contribution in [2.75, 3.05) is 5.32 Å². The van der Waals surface area contributed by atoms with E-state index in [1.165, 1.54) is 15.8 Å². The van der Waals surface area contributed by atoms with Crippen molar-refractivity contribution in [3.05, 3.63) is 78.1 Å². The van der Waals surface area contributed by atoms with Crippen molar-refractivity contribution in [3.8, 4) is 10.6 Å². The number of carbonyl (C=O) groups excluding carboxylic acids is 1. The number of nitrogens with one attached hydrogen (secondary N) is 1. The minimum atomic E-state index is -0.0440. The van der Waals surface area contributed by atoms with E-state index in [2.05, 4.69) is 37.4 Å². The Hall–Kier alpha value is -3.05. The van der Waals surface area contributed by atoms with Gasteiger partial charge in [0.25, 0.3) is 5.91 Å². The standard InChI is InChI=1S/C23H21N3OS/c1-3-17-10-12-26(13-11-17)15-22(27)24-19-7-5-18(6-8-19)23-25-20-9-4-16(2)14-21(20)28-23/h4-14H,3,15H2,1-2H3/p+1. The molecule has 0 atom stereocenters. The third-order valence-corrected chi connectivity index (χ3v) is 5.72. The molecular formula is C23H22N3OS+. The van der Waals surface area contributed by atoms with E-state index < -0.39 is 0 Å². The minimum Gasteiger partial charge on any atom is -0.321 e. The van der Waals surface area contributed by atoms with Gasteiger partial charge in [-0.05, 0) is 60.9 Å². The summed E-state index contributed by atoms with van der Waals surface area (Å²) in [6, 6.07) is 18.2. The van der Waals surface area contributed by atoms with Gasteiger partial charge in [-0.2, -0.15) is 4.57 Å². The Bertz CT molecular complexity index is 1120. The number of aryl methyl sites for hydroxylation is 2. The zero-order valence-corrected chi connectivity index (χ0v) is 16.8. The molecule has 2 aromatic heterocycles. The number of amides is 1. The highest BCUT2D eigenvalue weighted by Gasteiger charge is 2.11. The number of pyridine rings is 1. The van der Waals surface area contributed by atoms with Crippen LogP contribution in [-0.2, 0) is 17.8 Å². The van der Waals surface area contributed by atoms with Crippen LogP contribution in [0, 0.1) is 6.92 Å². The highest BCUT2D eigenvalue weighted by molar-refractivity contribution is 7.21. The van der Waals surface area contributed by atoms with Crippen molar-refractivity contribution >= 4 is 33.1 Å². The molecule has 0 bridgehead atoms. The van der Waals surface area contributed by atoms with Crippen LogP contribution in [0.4, 0.5) is 5.69 Å². The van der Waals surface area contributed by atoms with Crippen LogP contribution in [-0.4, -0.2) is 10.9 Å². The first-order valence-corrected chi connectivity index (χ1v) is 10.2. The van der Waals surface area contributed by atoms with Gasteiger partial charge in [-0.3, -0.25) is 4.79 Å². The van der Waals surface area contributed by atoms with Gasteiger partial charge in [0.05, 0.1) is 10.2 Å². The van der Waals surface area contributed by atoms with E-state index in [1.54, 1.807) is 11.3 Å². The third-order valence-electron chi connectivity index (χ3n) is 4.65. The Balaban J connectivity index is 1.44. The van der Waals surface area contributed by atoms with E-state index in [9.17, 15) is 4.79 Å². The first-order valence-electron chi connectivity index (χ1n) is 9.36. The van der Waals surface area contributed by atoms with E-state index in [4.69, 9.17) is 4.98 Å². The maximum absolute atomic E-state index is 12.3. The van der Waals surface area contributed by atoms with E-state index in [1.807, 2.05) is 53.4 Å². The molecule has 140 valence electrons. The number of nitrogens with zero attached hydrogens (tertiary/aromatic N) is 2. The van der Waals surface area contributed by atoms with Gasteiger partial charge in [0.15, 0.2) is 12.4 Å². The summed E-state index contributed by atoms with van der Waals surface area (Å²) in [5, 5.41) is 3.95. The van der Waals surface area contributed by atoms with Crippen LogP contribution in [0.2, 0.25) is 0 Å². The van der Waals surface area contributed by atoms with Crippen LogP contribution in [0.1, 0.15) is 18.1 Å². The van der Waals surface area contributed by atoms with E-state index in [0.717, 1.165) is 28.2 Å². The molecule has 1 amide bonds. The molecule has 0 aliphatic heterocycles. The molecule has 2 heterocycles. The number of hydrogen-bond donors (Lipinski definition) is 1. The second kappa shape index (κ2) is 7.90. The maximum Gasteiger partial charge on any atom is 0.290 e. The Morgan fingerprint density at radius 1 is 1.07 bits per heavy atom. The van der Waals surface area contributed by atoms with Crippen molar-refractivity contribution in [2.24, 2.45) is 0 Å². The zero-order chi connectivity index (χ0) is 19.5. The zero-order valence-electron chi connectivity index (χ0n) is 16.0. The van der Waals surface area contributed by atoms with Crippen molar-refractivity contribution in [2.45, 2.75) is 26.8 Å². The Morgan fingerprint density at radius 2 is 1.82 bits per heavy atom. The SMILES string of the molecule is CCc1cc[n+](CC(=O)Nc2ccc(-c3nc4ccc(C)cc4s3)cc2)cc1. The molecule has 0 aliphatic rings. The smallest absolute Gasteiger partial charge is 0.290 e. The quantitative estimate of drug-likeness (QED) is 0.501. The predicted molar refractivity (Wildman–Crippen MR) is 114 cm³/mol. The van der Waals surface area contributed by atoms with Gasteiger partial charge in [-0.1, -0.05) is 13.0 Å². The maximum atomic E-state index is 12.3. The molecule has 0 spiro atoms. The molecule has 0 unspecified atom stereocenters. The van der Waals surface area contributed by atoms with Gasteiger partial charge in [0, 0.05) is 23.4 Å². The summed E-state index contributed by atoms with van der Waals surface area (Å²) in [6.45, 7) is 4.50. The fraction of sp³-hybridized carbons (Fsp3) is 0.174. The molecule has 2 aromatic carbocycles. The van der Waals surface area contributed by atoms with Gasteiger partial charge >= 0.3 is 0 Å². The van der Waals surface area contributed by atoms with E-state index in [0.29, 0.717) is 6.54 Å². The lowest BCUT2D eigenvalue weighted by Gasteiger charge is -2.04. The number of anilines is 1. The normalized spacial score (nSPS) is 10.9. The van der Waals surface area contributed by atoms with E-state index >= 15 is 0 Å². The van der Waals surface area contributed by atoms with Gasteiger partial charge in [-0.15, -0.1) is 11.3 Å². The van der Waals surface area contributed by atoms with Crippen molar-refractivity contribution in [1.29, 1.82) is 0 Å². The average Bonchev–Trinajstić information content (AvgIpc) is 3.12. The Labute approximate surface area is 168 Å². The lowest BCUT2D eigenvalue weighted by atomic mass is 10.2. The third kappa shape index (κ3) is 4.10. The number of hydrogen-bond acceptors (Lipinski definition) is 3. The van der Waals surface area contributed by atoms with Crippen molar-refractivity contribution in [1.82, 2.24) is 4.98 Å². The summed E-state index contributed by atoms with van der Waals surface area (Å²) in [5.74, 6) is -0.0440. The van der Waals surface area contributed by atoms with Gasteiger partial charge < -0.3 is 5.32 Å². The molecule has 0 saturated carbocycles. The van der Waals surface area contributed by atoms with Gasteiger partial charge in [0.2, 0.25) is 6.54 Å². The van der Waals surface area contributed by atoms with Crippen LogP contribution in [0.3, 0.4) is 0 Å². The first-order chi connectivity index (χ1) is 13.6. The number of aromatic nitrogens is 2. The second-order valence-electron chi connectivity index (χ2n) is 6.85. The molecule has 0 aliphatic carbocycles. The highest BCUT2D eigenvalue weighted by atomic mass is 32.1. The number of benzene rings is 2. The largest absolute Gasteiger partial charge is 0.321 e. The fourth-order valence-corrected chi connectivity index (χ4v) is 4.12. The highest BCUT2D eigenvalue weighted by Crippen LogP contribution is 2.31. The Kier molecular flexibility index (Phi) is 5.17. The summed E-state index contributed by atoms with van der Waals surface area (Å²) in [7, 11) is 0. The molecule has 1 N–H and O–H groups in total.